The second-order valence-electron chi connectivity index (χ2n) is 4.46. The molecular formula is C14H18N2O3S2. The van der Waals surface area contributed by atoms with Crippen LogP contribution >= 0.6 is 11.8 Å². The van der Waals surface area contributed by atoms with Crippen molar-refractivity contribution in [2.45, 2.75) is 11.3 Å². The average Bonchev–Trinajstić information content (AvgIpc) is 2.94. The summed E-state index contributed by atoms with van der Waals surface area (Å²) >= 11 is 1.49. The van der Waals surface area contributed by atoms with Crippen LogP contribution in [-0.2, 0) is 16.4 Å². The maximum atomic E-state index is 11.8. The van der Waals surface area contributed by atoms with Gasteiger partial charge in [0.2, 0.25) is 10.0 Å². The molecule has 0 aliphatic rings. The highest BCUT2D eigenvalue weighted by molar-refractivity contribution is 8.00. The van der Waals surface area contributed by atoms with Gasteiger partial charge in [0.05, 0.1) is 12.0 Å². The van der Waals surface area contributed by atoms with Gasteiger partial charge in [-0.2, -0.15) is 0 Å². The molecule has 21 heavy (non-hydrogen) atoms. The molecule has 0 spiro atoms. The lowest BCUT2D eigenvalue weighted by Gasteiger charge is -2.06. The van der Waals surface area contributed by atoms with E-state index in [1.165, 1.54) is 11.8 Å². The summed E-state index contributed by atoms with van der Waals surface area (Å²) < 4.78 is 31.4. The summed E-state index contributed by atoms with van der Waals surface area (Å²) in [5.74, 6) is 1.36. The van der Waals surface area contributed by atoms with Gasteiger partial charge in [0, 0.05) is 29.3 Å². The maximum absolute atomic E-state index is 11.8. The topological polar surface area (TPSA) is 85.3 Å². The molecule has 0 aliphatic carbocycles. The normalized spacial score (nSPS) is 11.6. The number of sulfonamides is 1. The first-order chi connectivity index (χ1) is 10.1. The molecule has 0 radical (unpaired) electrons. The van der Waals surface area contributed by atoms with Gasteiger partial charge in [0.25, 0.3) is 0 Å². The maximum Gasteiger partial charge on any atom is 0.212 e. The third-order valence-corrected chi connectivity index (χ3v) is 5.43. The zero-order valence-corrected chi connectivity index (χ0v) is 13.1. The minimum Gasteiger partial charge on any atom is -0.469 e. The summed E-state index contributed by atoms with van der Waals surface area (Å²) in [7, 11) is -3.25. The van der Waals surface area contributed by atoms with Crippen LogP contribution in [-0.4, -0.2) is 26.5 Å². The van der Waals surface area contributed by atoms with E-state index in [4.69, 9.17) is 10.2 Å². The van der Waals surface area contributed by atoms with Gasteiger partial charge < -0.3 is 10.2 Å². The van der Waals surface area contributed by atoms with Gasteiger partial charge in [-0.15, -0.1) is 11.8 Å². The summed E-state index contributed by atoms with van der Waals surface area (Å²) in [5, 5.41) is 0. The number of benzene rings is 1. The van der Waals surface area contributed by atoms with E-state index in [2.05, 4.69) is 4.72 Å². The molecule has 0 atom stereocenters. The smallest absolute Gasteiger partial charge is 0.212 e. The molecule has 3 N–H and O–H groups in total. The molecule has 0 bridgehead atoms. The minimum atomic E-state index is -3.25. The SMILES string of the molecule is Nc1ccc(SCCS(=O)(=O)NCCc2ccco2)cc1. The molecule has 5 nitrogen and oxygen atoms in total. The van der Waals surface area contributed by atoms with E-state index < -0.39 is 10.0 Å². The Hall–Kier alpha value is -1.44. The van der Waals surface area contributed by atoms with Gasteiger partial charge in [-0.25, -0.2) is 13.1 Å². The first-order valence-electron chi connectivity index (χ1n) is 6.53. The Morgan fingerprint density at radius 2 is 1.95 bits per heavy atom. The highest BCUT2D eigenvalue weighted by Gasteiger charge is 2.10. The highest BCUT2D eigenvalue weighted by atomic mass is 32.2. The first kappa shape index (κ1) is 15.9. The van der Waals surface area contributed by atoms with Crippen molar-refractivity contribution in [3.05, 3.63) is 48.4 Å². The largest absolute Gasteiger partial charge is 0.469 e. The number of hydrogen-bond acceptors (Lipinski definition) is 5. The van der Waals surface area contributed by atoms with Gasteiger partial charge in [-0.1, -0.05) is 0 Å². The number of nitrogen functional groups attached to an aromatic ring is 1. The second kappa shape index (κ2) is 7.53. The fourth-order valence-electron chi connectivity index (χ4n) is 1.69. The number of thioether (sulfide) groups is 1. The molecule has 114 valence electrons. The molecule has 2 rings (SSSR count). The number of anilines is 1. The molecule has 0 saturated carbocycles. The number of hydrogen-bond donors (Lipinski definition) is 2. The lowest BCUT2D eigenvalue weighted by Crippen LogP contribution is -2.29. The zero-order valence-electron chi connectivity index (χ0n) is 11.5. The van der Waals surface area contributed by atoms with Gasteiger partial charge in [0.15, 0.2) is 0 Å². The summed E-state index contributed by atoms with van der Waals surface area (Å²) in [6, 6.07) is 11.0. The molecule has 0 amide bonds. The van der Waals surface area contributed by atoms with Crippen LogP contribution in [0.1, 0.15) is 5.76 Å². The van der Waals surface area contributed by atoms with Crippen LogP contribution in [0.5, 0.6) is 0 Å². The summed E-state index contributed by atoms with van der Waals surface area (Å²) in [6.07, 6.45) is 2.13. The Kier molecular flexibility index (Phi) is 5.72. The predicted octanol–water partition coefficient (Wildman–Crippen LogP) is 2.12. The average molecular weight is 326 g/mol. The van der Waals surface area contributed by atoms with E-state index in [0.717, 1.165) is 10.7 Å². The van der Waals surface area contributed by atoms with Crippen LogP contribution in [0.3, 0.4) is 0 Å². The molecule has 7 heteroatoms. The Morgan fingerprint density at radius 1 is 1.19 bits per heavy atom. The van der Waals surface area contributed by atoms with Crippen molar-refractivity contribution in [2.75, 3.05) is 23.8 Å². The van der Waals surface area contributed by atoms with E-state index >= 15 is 0 Å². The molecule has 2 aromatic rings. The molecule has 0 aliphatic heterocycles. The van der Waals surface area contributed by atoms with E-state index in [1.54, 1.807) is 24.5 Å². The molecule has 1 heterocycles. The number of furan rings is 1. The Morgan fingerprint density at radius 3 is 2.62 bits per heavy atom. The quantitative estimate of drug-likeness (QED) is 0.573. The Balaban J connectivity index is 1.69. The van der Waals surface area contributed by atoms with Gasteiger partial charge in [-0.3, -0.25) is 0 Å². The second-order valence-corrected chi connectivity index (χ2v) is 7.55. The number of nitrogens with two attached hydrogens (primary N) is 1. The molecule has 0 fully saturated rings. The molecule has 1 aromatic carbocycles. The minimum absolute atomic E-state index is 0.0835. The molecular weight excluding hydrogens is 308 g/mol. The Labute approximate surface area is 129 Å². The van der Waals surface area contributed by atoms with E-state index in [-0.39, 0.29) is 5.75 Å². The van der Waals surface area contributed by atoms with Crippen LogP contribution in [0.2, 0.25) is 0 Å². The zero-order chi connectivity index (χ0) is 15.1. The predicted molar refractivity (Wildman–Crippen MR) is 85.8 cm³/mol. The van der Waals surface area contributed by atoms with Crippen molar-refractivity contribution in [1.29, 1.82) is 0 Å². The van der Waals surface area contributed by atoms with Crippen molar-refractivity contribution in [3.8, 4) is 0 Å². The Bertz CT molecular complexity index is 637. The van der Waals surface area contributed by atoms with Gasteiger partial charge in [0.1, 0.15) is 5.76 Å². The van der Waals surface area contributed by atoms with Crippen LogP contribution in [0.25, 0.3) is 0 Å². The molecule has 1 aromatic heterocycles. The summed E-state index contributed by atoms with van der Waals surface area (Å²) in [4.78, 5) is 1.01. The van der Waals surface area contributed by atoms with Crippen LogP contribution in [0.4, 0.5) is 5.69 Å². The van der Waals surface area contributed by atoms with Gasteiger partial charge in [-0.05, 0) is 36.4 Å². The van der Waals surface area contributed by atoms with Crippen molar-refractivity contribution >= 4 is 27.5 Å². The van der Waals surface area contributed by atoms with E-state index in [9.17, 15) is 8.42 Å². The van der Waals surface area contributed by atoms with Crippen LogP contribution in [0.15, 0.2) is 52.0 Å². The highest BCUT2D eigenvalue weighted by Crippen LogP contribution is 2.19. The fourth-order valence-corrected chi connectivity index (χ4v) is 4.02. The van der Waals surface area contributed by atoms with E-state index in [1.807, 2.05) is 18.2 Å². The van der Waals surface area contributed by atoms with Crippen LogP contribution in [0, 0.1) is 0 Å². The number of rotatable bonds is 8. The van der Waals surface area contributed by atoms with Crippen molar-refractivity contribution in [3.63, 3.8) is 0 Å². The van der Waals surface area contributed by atoms with Crippen molar-refractivity contribution in [1.82, 2.24) is 4.72 Å². The monoisotopic (exact) mass is 326 g/mol. The molecule has 0 saturated heterocycles. The van der Waals surface area contributed by atoms with Gasteiger partial charge >= 0.3 is 0 Å². The van der Waals surface area contributed by atoms with E-state index in [0.29, 0.717) is 24.4 Å². The standard InChI is InChI=1S/C14H18N2O3S2/c15-12-3-5-14(6-4-12)20-10-11-21(17,18)16-8-7-13-2-1-9-19-13/h1-6,9,16H,7-8,10-11,15H2. The van der Waals surface area contributed by atoms with Crippen LogP contribution < -0.4 is 10.5 Å². The van der Waals surface area contributed by atoms with Crippen molar-refractivity contribution in [2.24, 2.45) is 0 Å². The third kappa shape index (κ3) is 5.82. The molecule has 0 unspecified atom stereocenters. The lowest BCUT2D eigenvalue weighted by molar-refractivity contribution is 0.506. The first-order valence-corrected chi connectivity index (χ1v) is 9.17. The lowest BCUT2D eigenvalue weighted by atomic mass is 10.3. The fraction of sp³-hybridized carbons (Fsp3) is 0.286. The summed E-state index contributed by atoms with van der Waals surface area (Å²) in [5.41, 5.74) is 6.30. The third-order valence-electron chi connectivity index (χ3n) is 2.77. The van der Waals surface area contributed by atoms with Crippen molar-refractivity contribution < 1.29 is 12.8 Å². The number of nitrogens with one attached hydrogen (secondary N) is 1. The summed E-state index contributed by atoms with van der Waals surface area (Å²) in [6.45, 7) is 0.350.